The second kappa shape index (κ2) is 6.38. The maximum atomic E-state index is 12.4. The van der Waals surface area contributed by atoms with Gasteiger partial charge in [0.05, 0.1) is 5.03 Å². The van der Waals surface area contributed by atoms with E-state index in [-0.39, 0.29) is 5.91 Å². The van der Waals surface area contributed by atoms with Crippen molar-refractivity contribution in [2.75, 3.05) is 6.54 Å². The summed E-state index contributed by atoms with van der Waals surface area (Å²) in [5, 5.41) is 1.20. The predicted molar refractivity (Wildman–Crippen MR) is 94.6 cm³/mol. The summed E-state index contributed by atoms with van der Waals surface area (Å²) in [5.74, 6) is -0.0524. The highest BCUT2D eigenvalue weighted by atomic mass is 35.5. The zero-order valence-electron chi connectivity index (χ0n) is 12.8. The summed E-state index contributed by atoms with van der Waals surface area (Å²) in [6, 6.07) is 17.6. The van der Waals surface area contributed by atoms with Crippen LogP contribution in [0.3, 0.4) is 0 Å². The van der Waals surface area contributed by atoms with Crippen molar-refractivity contribution in [1.82, 2.24) is 4.90 Å². The summed E-state index contributed by atoms with van der Waals surface area (Å²) in [4.78, 5) is 14.2. The zero-order chi connectivity index (χ0) is 16.4. The lowest BCUT2D eigenvalue weighted by Crippen LogP contribution is -2.44. The summed E-state index contributed by atoms with van der Waals surface area (Å²) >= 11 is 12.4. The smallest absolute Gasteiger partial charge is 0.248 e. The van der Waals surface area contributed by atoms with Crippen LogP contribution in [0, 0.1) is 0 Å². The highest BCUT2D eigenvalue weighted by Gasteiger charge is 2.44. The molecule has 1 heterocycles. The maximum Gasteiger partial charge on any atom is 0.248 e. The number of carbonyl (C=O) groups excluding carboxylic acids is 1. The number of amides is 1. The third-order valence-electron chi connectivity index (χ3n) is 4.39. The van der Waals surface area contributed by atoms with Crippen molar-refractivity contribution in [3.63, 3.8) is 0 Å². The Morgan fingerprint density at radius 2 is 1.65 bits per heavy atom. The summed E-state index contributed by atoms with van der Waals surface area (Å²) in [6.45, 7) is 2.58. The molecule has 0 bridgehead atoms. The van der Waals surface area contributed by atoms with Crippen LogP contribution in [0.25, 0.3) is 0 Å². The molecule has 0 aliphatic carbocycles. The van der Waals surface area contributed by atoms with Crippen LogP contribution in [0.15, 0.2) is 65.7 Å². The Bertz CT molecular complexity index is 740. The van der Waals surface area contributed by atoms with E-state index in [1.54, 1.807) is 0 Å². The van der Waals surface area contributed by atoms with Crippen molar-refractivity contribution in [3.8, 4) is 0 Å². The molecule has 2 aromatic carbocycles. The fraction of sp³-hybridized carbons (Fsp3) is 0.211. The lowest BCUT2D eigenvalue weighted by Gasteiger charge is -2.37. The molecule has 1 aliphatic heterocycles. The molecular formula is C19H17Cl2NO. The molecule has 0 saturated carbocycles. The summed E-state index contributed by atoms with van der Waals surface area (Å²) < 4.78 is 0. The molecule has 1 unspecified atom stereocenters. The molecule has 1 amide bonds. The number of carbonyl (C=O) groups is 1. The Balaban J connectivity index is 1.88. The molecule has 0 spiro atoms. The minimum absolute atomic E-state index is 0.0524. The SMILES string of the molecule is CC1(c2ccc(Cl)cc2)C(Cl)=CC(=O)N1CCc1ccccc1. The molecule has 3 rings (SSSR count). The monoisotopic (exact) mass is 345 g/mol. The minimum atomic E-state index is -0.641. The molecule has 1 atom stereocenters. The fourth-order valence-electron chi connectivity index (χ4n) is 2.96. The van der Waals surface area contributed by atoms with Crippen LogP contribution in [0.5, 0.6) is 0 Å². The molecule has 0 radical (unpaired) electrons. The van der Waals surface area contributed by atoms with Gasteiger partial charge in [-0.05, 0) is 36.6 Å². The number of hydrogen-bond donors (Lipinski definition) is 0. The topological polar surface area (TPSA) is 20.3 Å². The highest BCUT2D eigenvalue weighted by Crippen LogP contribution is 2.42. The van der Waals surface area contributed by atoms with E-state index in [9.17, 15) is 4.79 Å². The van der Waals surface area contributed by atoms with Crippen molar-refractivity contribution < 1.29 is 4.79 Å². The average molecular weight is 346 g/mol. The summed E-state index contributed by atoms with van der Waals surface area (Å²) in [5.41, 5.74) is 1.52. The normalized spacial score (nSPS) is 20.7. The second-order valence-corrected chi connectivity index (χ2v) is 6.64. The Morgan fingerprint density at radius 1 is 1.00 bits per heavy atom. The van der Waals surface area contributed by atoms with Crippen LogP contribution in [0.2, 0.25) is 5.02 Å². The molecule has 0 N–H and O–H groups in total. The van der Waals surface area contributed by atoms with E-state index in [1.165, 1.54) is 11.6 Å². The Kier molecular flexibility index (Phi) is 4.47. The molecule has 0 aromatic heterocycles. The van der Waals surface area contributed by atoms with E-state index in [1.807, 2.05) is 54.3 Å². The summed E-state index contributed by atoms with van der Waals surface area (Å²) in [6.07, 6.45) is 2.30. The Morgan fingerprint density at radius 3 is 2.30 bits per heavy atom. The van der Waals surface area contributed by atoms with Crippen molar-refractivity contribution in [2.45, 2.75) is 18.9 Å². The van der Waals surface area contributed by atoms with E-state index < -0.39 is 5.54 Å². The average Bonchev–Trinajstić information content (AvgIpc) is 2.77. The van der Waals surface area contributed by atoms with Gasteiger partial charge in [-0.3, -0.25) is 4.79 Å². The molecular weight excluding hydrogens is 329 g/mol. The van der Waals surface area contributed by atoms with E-state index >= 15 is 0 Å². The zero-order valence-corrected chi connectivity index (χ0v) is 14.3. The first-order chi connectivity index (χ1) is 11.0. The van der Waals surface area contributed by atoms with Gasteiger partial charge < -0.3 is 4.90 Å². The van der Waals surface area contributed by atoms with Crippen molar-refractivity contribution in [2.24, 2.45) is 0 Å². The second-order valence-electron chi connectivity index (χ2n) is 5.80. The van der Waals surface area contributed by atoms with Gasteiger partial charge in [0.1, 0.15) is 5.54 Å². The molecule has 0 fully saturated rings. The first kappa shape index (κ1) is 16.1. The van der Waals surface area contributed by atoms with E-state index in [2.05, 4.69) is 12.1 Å². The number of hydrogen-bond acceptors (Lipinski definition) is 1. The molecule has 2 nitrogen and oxygen atoms in total. The molecule has 4 heteroatoms. The molecule has 2 aromatic rings. The van der Waals surface area contributed by atoms with Crippen molar-refractivity contribution in [3.05, 3.63) is 81.9 Å². The predicted octanol–water partition coefficient (Wildman–Crippen LogP) is 4.76. The van der Waals surface area contributed by atoms with E-state index in [0.717, 1.165) is 12.0 Å². The van der Waals surface area contributed by atoms with Gasteiger partial charge in [0, 0.05) is 17.6 Å². The van der Waals surface area contributed by atoms with Gasteiger partial charge in [-0.15, -0.1) is 0 Å². The van der Waals surface area contributed by atoms with Crippen LogP contribution < -0.4 is 0 Å². The number of rotatable bonds is 4. The van der Waals surface area contributed by atoms with Crippen LogP contribution >= 0.6 is 23.2 Å². The first-order valence-corrected chi connectivity index (χ1v) is 8.26. The number of benzene rings is 2. The van der Waals surface area contributed by atoms with Crippen molar-refractivity contribution >= 4 is 29.1 Å². The van der Waals surface area contributed by atoms with Gasteiger partial charge >= 0.3 is 0 Å². The van der Waals surface area contributed by atoms with Gasteiger partial charge in [-0.25, -0.2) is 0 Å². The highest BCUT2D eigenvalue weighted by molar-refractivity contribution is 6.33. The Labute approximate surface area is 146 Å². The van der Waals surface area contributed by atoms with Crippen LogP contribution in [-0.2, 0) is 16.8 Å². The molecule has 1 aliphatic rings. The third kappa shape index (κ3) is 3.01. The van der Waals surface area contributed by atoms with E-state index in [0.29, 0.717) is 16.6 Å². The quantitative estimate of drug-likeness (QED) is 0.781. The number of halogens is 2. The fourth-order valence-corrected chi connectivity index (χ4v) is 3.39. The first-order valence-electron chi connectivity index (χ1n) is 7.51. The summed E-state index contributed by atoms with van der Waals surface area (Å²) in [7, 11) is 0. The van der Waals surface area contributed by atoms with E-state index in [4.69, 9.17) is 23.2 Å². The van der Waals surface area contributed by atoms with Crippen molar-refractivity contribution in [1.29, 1.82) is 0 Å². The van der Waals surface area contributed by atoms with Crippen LogP contribution in [-0.4, -0.2) is 17.4 Å². The van der Waals surface area contributed by atoms with Gasteiger partial charge in [0.25, 0.3) is 0 Å². The minimum Gasteiger partial charge on any atom is -0.324 e. The Hall–Kier alpha value is -1.77. The van der Waals surface area contributed by atoms with Gasteiger partial charge in [0.15, 0.2) is 0 Å². The van der Waals surface area contributed by atoms with Gasteiger partial charge in [-0.2, -0.15) is 0 Å². The molecule has 0 saturated heterocycles. The largest absolute Gasteiger partial charge is 0.324 e. The van der Waals surface area contributed by atoms with Crippen LogP contribution in [0.1, 0.15) is 18.1 Å². The third-order valence-corrected chi connectivity index (χ3v) is 5.12. The van der Waals surface area contributed by atoms with Crippen LogP contribution in [0.4, 0.5) is 0 Å². The maximum absolute atomic E-state index is 12.4. The molecule has 23 heavy (non-hydrogen) atoms. The lowest BCUT2D eigenvalue weighted by molar-refractivity contribution is -0.128. The number of nitrogens with zero attached hydrogens (tertiary/aromatic N) is 1. The standard InChI is InChI=1S/C19H17Cl2NO/c1-19(15-7-9-16(20)10-8-15)17(21)13-18(23)22(19)12-11-14-5-3-2-4-6-14/h2-10,13H,11-12H2,1H3. The molecule has 118 valence electrons. The lowest BCUT2D eigenvalue weighted by atomic mass is 9.91. The van der Waals surface area contributed by atoms with Gasteiger partial charge in [0.2, 0.25) is 5.91 Å². The van der Waals surface area contributed by atoms with Gasteiger partial charge in [-0.1, -0.05) is 65.7 Å².